The molecule has 1 atom stereocenters. The lowest BCUT2D eigenvalue weighted by Gasteiger charge is -2.06. The number of carboxylic acid groups (broad SMARTS) is 1. The average Bonchev–Trinajstić information content (AvgIpc) is 2.59. The highest BCUT2D eigenvalue weighted by molar-refractivity contribution is 7.89. The van der Waals surface area contributed by atoms with Crippen molar-refractivity contribution in [3.05, 3.63) is 17.6 Å². The molecule has 1 heterocycles. The molecule has 0 saturated carbocycles. The molecule has 0 spiro atoms. The number of nitrogens with one attached hydrogen (secondary N) is 1. The van der Waals surface area contributed by atoms with E-state index >= 15 is 0 Å². The fourth-order valence-corrected chi connectivity index (χ4v) is 1.90. The van der Waals surface area contributed by atoms with Crippen LogP contribution in [0.2, 0.25) is 0 Å². The van der Waals surface area contributed by atoms with Gasteiger partial charge in [0.1, 0.15) is 16.7 Å². The number of rotatable bonds is 4. The Morgan fingerprint density at radius 2 is 2.06 bits per heavy atom. The summed E-state index contributed by atoms with van der Waals surface area (Å²) in [6, 6.07) is -0.171. The summed E-state index contributed by atoms with van der Waals surface area (Å²) in [6.07, 6.45) is 0. The molecule has 0 saturated heterocycles. The van der Waals surface area contributed by atoms with Crippen molar-refractivity contribution >= 4 is 21.9 Å². The molecule has 18 heavy (non-hydrogen) atoms. The third-order valence-electron chi connectivity index (χ3n) is 2.12. The van der Waals surface area contributed by atoms with Crippen molar-refractivity contribution in [3.8, 4) is 0 Å². The number of hydrogen-bond donors (Lipinski definition) is 3. The van der Waals surface area contributed by atoms with Crippen LogP contribution in [0.1, 0.15) is 23.2 Å². The van der Waals surface area contributed by atoms with E-state index in [1.807, 2.05) is 0 Å². The van der Waals surface area contributed by atoms with E-state index in [9.17, 15) is 18.0 Å². The lowest BCUT2D eigenvalue weighted by molar-refractivity contribution is -0.138. The van der Waals surface area contributed by atoms with Crippen LogP contribution in [0.4, 0.5) is 0 Å². The molecule has 1 amide bonds. The second-order valence-corrected chi connectivity index (χ2v) is 5.14. The lowest BCUT2D eigenvalue weighted by atomic mass is 10.3. The van der Waals surface area contributed by atoms with Crippen LogP contribution in [0, 0.1) is 6.92 Å². The highest BCUT2D eigenvalue weighted by Crippen LogP contribution is 2.18. The van der Waals surface area contributed by atoms with E-state index in [1.54, 1.807) is 0 Å². The van der Waals surface area contributed by atoms with E-state index in [4.69, 9.17) is 14.7 Å². The highest BCUT2D eigenvalue weighted by atomic mass is 32.2. The Kier molecular flexibility index (Phi) is 3.77. The molecule has 0 aliphatic rings. The summed E-state index contributed by atoms with van der Waals surface area (Å²) in [4.78, 5) is 21.8. The predicted molar refractivity (Wildman–Crippen MR) is 59.4 cm³/mol. The standard InChI is InChI=1S/C9H12N2O6S/c1-4(9(13)14)11-8(12)6-3-7(5(2)17-6)18(10,15)16/h3-4H,1-2H3,(H,11,12)(H,13,14)(H2,10,15,16)/t4-/m0/s1. The molecule has 0 aliphatic heterocycles. The summed E-state index contributed by atoms with van der Waals surface area (Å²) in [6.45, 7) is 2.59. The zero-order valence-corrected chi connectivity index (χ0v) is 10.4. The second kappa shape index (κ2) is 4.78. The summed E-state index contributed by atoms with van der Waals surface area (Å²) in [5, 5.41) is 15.6. The van der Waals surface area contributed by atoms with Gasteiger partial charge in [-0.1, -0.05) is 0 Å². The number of primary sulfonamides is 1. The van der Waals surface area contributed by atoms with Crippen molar-refractivity contribution in [2.75, 3.05) is 0 Å². The number of carboxylic acids is 1. The molecule has 0 fully saturated rings. The molecule has 0 radical (unpaired) electrons. The van der Waals surface area contributed by atoms with Crippen LogP contribution in [-0.4, -0.2) is 31.4 Å². The fourth-order valence-electron chi connectivity index (χ4n) is 1.19. The van der Waals surface area contributed by atoms with E-state index in [1.165, 1.54) is 13.8 Å². The molecule has 8 nitrogen and oxygen atoms in total. The molecule has 100 valence electrons. The van der Waals surface area contributed by atoms with Gasteiger partial charge >= 0.3 is 5.97 Å². The number of carbonyl (C=O) groups is 2. The molecule has 0 unspecified atom stereocenters. The normalized spacial score (nSPS) is 13.1. The minimum Gasteiger partial charge on any atom is -0.480 e. The lowest BCUT2D eigenvalue weighted by Crippen LogP contribution is -2.38. The minimum absolute atomic E-state index is 0.0365. The van der Waals surface area contributed by atoms with Gasteiger partial charge in [-0.05, 0) is 13.8 Å². The van der Waals surface area contributed by atoms with Crippen molar-refractivity contribution in [1.82, 2.24) is 5.32 Å². The number of furan rings is 1. The molecule has 1 aromatic heterocycles. The van der Waals surface area contributed by atoms with Crippen molar-refractivity contribution in [2.45, 2.75) is 24.8 Å². The number of carbonyl (C=O) groups excluding carboxylic acids is 1. The fraction of sp³-hybridized carbons (Fsp3) is 0.333. The van der Waals surface area contributed by atoms with Crippen molar-refractivity contribution in [2.24, 2.45) is 5.14 Å². The number of amides is 1. The zero-order chi connectivity index (χ0) is 14.1. The first-order valence-electron chi connectivity index (χ1n) is 4.80. The van der Waals surface area contributed by atoms with E-state index in [-0.39, 0.29) is 16.4 Å². The van der Waals surface area contributed by atoms with Crippen LogP contribution in [0.3, 0.4) is 0 Å². The monoisotopic (exact) mass is 276 g/mol. The molecule has 0 aliphatic carbocycles. The van der Waals surface area contributed by atoms with Crippen molar-refractivity contribution < 1.29 is 27.5 Å². The molecule has 0 aromatic carbocycles. The van der Waals surface area contributed by atoms with Crippen molar-refractivity contribution in [3.63, 3.8) is 0 Å². The Morgan fingerprint density at radius 1 is 1.50 bits per heavy atom. The molecular weight excluding hydrogens is 264 g/mol. The molecule has 1 aromatic rings. The van der Waals surface area contributed by atoms with Gasteiger partial charge in [-0.15, -0.1) is 0 Å². The Hall–Kier alpha value is -1.87. The largest absolute Gasteiger partial charge is 0.480 e. The maximum atomic E-state index is 11.5. The summed E-state index contributed by atoms with van der Waals surface area (Å²) in [5.41, 5.74) is 0. The first kappa shape index (κ1) is 14.2. The third-order valence-corrected chi connectivity index (χ3v) is 3.14. The Bertz CT molecular complexity index is 588. The van der Waals surface area contributed by atoms with Gasteiger partial charge in [0.05, 0.1) is 0 Å². The van der Waals surface area contributed by atoms with Gasteiger partial charge in [-0.3, -0.25) is 9.59 Å². The summed E-state index contributed by atoms with van der Waals surface area (Å²) < 4.78 is 27.1. The molecule has 4 N–H and O–H groups in total. The van der Waals surface area contributed by atoms with Gasteiger partial charge in [0.25, 0.3) is 5.91 Å². The maximum Gasteiger partial charge on any atom is 0.325 e. The number of hydrogen-bond acceptors (Lipinski definition) is 5. The minimum atomic E-state index is -3.98. The van der Waals surface area contributed by atoms with Crippen LogP contribution >= 0.6 is 0 Å². The quantitative estimate of drug-likeness (QED) is 0.673. The van der Waals surface area contributed by atoms with E-state index in [2.05, 4.69) is 5.32 Å². The molecule has 0 bridgehead atoms. The third kappa shape index (κ3) is 3.08. The number of nitrogens with two attached hydrogens (primary N) is 1. The van der Waals surface area contributed by atoms with E-state index in [0.717, 1.165) is 6.07 Å². The van der Waals surface area contributed by atoms with Gasteiger partial charge in [0, 0.05) is 6.07 Å². The van der Waals surface area contributed by atoms with Gasteiger partial charge in [-0.2, -0.15) is 0 Å². The van der Waals surface area contributed by atoms with Crippen LogP contribution < -0.4 is 10.5 Å². The van der Waals surface area contributed by atoms with E-state index in [0.29, 0.717) is 0 Å². The predicted octanol–water partition coefficient (Wildman–Crippen LogP) is -0.562. The summed E-state index contributed by atoms with van der Waals surface area (Å²) >= 11 is 0. The number of aryl methyl sites for hydroxylation is 1. The summed E-state index contributed by atoms with van der Waals surface area (Å²) in [7, 11) is -3.98. The molecular formula is C9H12N2O6S. The van der Waals surface area contributed by atoms with Gasteiger partial charge in [-0.25, -0.2) is 13.6 Å². The Labute approximate surface area is 103 Å². The maximum absolute atomic E-state index is 11.5. The number of sulfonamides is 1. The van der Waals surface area contributed by atoms with E-state index < -0.39 is 27.9 Å². The van der Waals surface area contributed by atoms with Crippen molar-refractivity contribution in [1.29, 1.82) is 0 Å². The zero-order valence-electron chi connectivity index (χ0n) is 9.63. The smallest absolute Gasteiger partial charge is 0.325 e. The average molecular weight is 276 g/mol. The number of aliphatic carboxylic acids is 1. The molecule has 1 rings (SSSR count). The van der Waals surface area contributed by atoms with Gasteiger partial charge in [0.15, 0.2) is 5.76 Å². The highest BCUT2D eigenvalue weighted by Gasteiger charge is 2.23. The van der Waals surface area contributed by atoms with Gasteiger partial charge < -0.3 is 14.8 Å². The Morgan fingerprint density at radius 3 is 2.44 bits per heavy atom. The van der Waals surface area contributed by atoms with Gasteiger partial charge in [0.2, 0.25) is 10.0 Å². The topological polar surface area (TPSA) is 140 Å². The van der Waals surface area contributed by atoms with Crippen LogP contribution in [0.15, 0.2) is 15.4 Å². The first-order valence-corrected chi connectivity index (χ1v) is 6.34. The molecule has 9 heteroatoms. The Balaban J connectivity index is 2.99. The van der Waals surface area contributed by atoms with Crippen LogP contribution in [0.25, 0.3) is 0 Å². The first-order chi connectivity index (χ1) is 8.12. The van der Waals surface area contributed by atoms with Crippen LogP contribution in [0.5, 0.6) is 0 Å². The second-order valence-electron chi connectivity index (χ2n) is 3.61. The SMILES string of the molecule is Cc1oc(C(=O)N[C@@H](C)C(=O)O)cc1S(N)(=O)=O. The van der Waals surface area contributed by atoms with Crippen LogP contribution in [-0.2, 0) is 14.8 Å². The summed E-state index contributed by atoms with van der Waals surface area (Å²) in [5.74, 6) is -2.41.